The molecule has 0 saturated carbocycles. The molecule has 1 atom stereocenters. The van der Waals surface area contributed by atoms with E-state index in [9.17, 15) is 13.6 Å². The zero-order valence-corrected chi connectivity index (χ0v) is 10.4. The lowest BCUT2D eigenvalue weighted by Crippen LogP contribution is -2.36. The van der Waals surface area contributed by atoms with Gasteiger partial charge in [-0.1, -0.05) is 0 Å². The molecule has 0 heterocycles. The van der Waals surface area contributed by atoms with E-state index in [0.29, 0.717) is 18.7 Å². The number of methoxy groups -OCH3 is 1. The number of anilines is 1. The van der Waals surface area contributed by atoms with Crippen LogP contribution in [0.15, 0.2) is 24.3 Å². The highest BCUT2D eigenvalue weighted by molar-refractivity contribution is 5.94. The molecule has 1 aromatic rings. The number of rotatable bonds is 7. The molecule has 1 rings (SSSR count). The van der Waals surface area contributed by atoms with Crippen LogP contribution in [0.2, 0.25) is 0 Å². The number of nitrogens with one attached hydrogen (secondary N) is 1. The molecule has 0 aliphatic heterocycles. The molecule has 0 fully saturated rings. The van der Waals surface area contributed by atoms with E-state index >= 15 is 0 Å². The number of carbonyl (C=O) groups excluding carboxylic acids is 1. The summed E-state index contributed by atoms with van der Waals surface area (Å²) < 4.78 is 32.9. The van der Waals surface area contributed by atoms with Crippen LogP contribution in [0.25, 0.3) is 0 Å². The molecule has 0 radical (unpaired) electrons. The summed E-state index contributed by atoms with van der Waals surface area (Å²) in [5.74, 6) is -0.337. The fraction of sp³-hybridized carbons (Fsp3) is 0.417. The van der Waals surface area contributed by atoms with Crippen LogP contribution in [0.1, 0.15) is 6.42 Å². The molecule has 7 heteroatoms. The minimum absolute atomic E-state index is 0.0247. The lowest BCUT2D eigenvalue weighted by atomic mass is 10.2. The van der Waals surface area contributed by atoms with Crippen molar-refractivity contribution in [3.8, 4) is 5.75 Å². The second-order valence-corrected chi connectivity index (χ2v) is 3.78. The normalized spacial score (nSPS) is 12.3. The zero-order chi connectivity index (χ0) is 14.3. The van der Waals surface area contributed by atoms with Gasteiger partial charge in [-0.3, -0.25) is 4.79 Å². The Kier molecular flexibility index (Phi) is 6.17. The maximum absolute atomic E-state index is 11.9. The molecule has 0 aliphatic carbocycles. The van der Waals surface area contributed by atoms with Crippen LogP contribution in [0.5, 0.6) is 5.75 Å². The minimum Gasteiger partial charge on any atom is -0.435 e. The van der Waals surface area contributed by atoms with Crippen LogP contribution in [0.3, 0.4) is 0 Å². The van der Waals surface area contributed by atoms with Crippen LogP contribution in [0.4, 0.5) is 14.5 Å². The monoisotopic (exact) mass is 274 g/mol. The highest BCUT2D eigenvalue weighted by Crippen LogP contribution is 2.17. The van der Waals surface area contributed by atoms with Crippen LogP contribution in [-0.4, -0.2) is 32.3 Å². The van der Waals surface area contributed by atoms with Crippen molar-refractivity contribution in [3.63, 3.8) is 0 Å². The Morgan fingerprint density at radius 1 is 1.37 bits per heavy atom. The molecule has 5 nitrogen and oxygen atoms in total. The maximum Gasteiger partial charge on any atom is 0.387 e. The molecule has 3 N–H and O–H groups in total. The van der Waals surface area contributed by atoms with E-state index in [2.05, 4.69) is 10.1 Å². The number of alkyl halides is 2. The molecule has 0 saturated heterocycles. The molecule has 19 heavy (non-hydrogen) atoms. The first-order chi connectivity index (χ1) is 9.02. The van der Waals surface area contributed by atoms with Crippen molar-refractivity contribution in [3.05, 3.63) is 24.3 Å². The smallest absolute Gasteiger partial charge is 0.387 e. The Labute approximate surface area is 109 Å². The van der Waals surface area contributed by atoms with Gasteiger partial charge in [-0.25, -0.2) is 0 Å². The third-order valence-electron chi connectivity index (χ3n) is 2.32. The number of amides is 1. The Hall–Kier alpha value is -1.73. The van der Waals surface area contributed by atoms with E-state index in [1.165, 1.54) is 31.4 Å². The molecule has 1 amide bonds. The van der Waals surface area contributed by atoms with Gasteiger partial charge in [0.25, 0.3) is 0 Å². The molecule has 1 aromatic carbocycles. The topological polar surface area (TPSA) is 73.6 Å². The highest BCUT2D eigenvalue weighted by Gasteiger charge is 2.13. The van der Waals surface area contributed by atoms with Crippen LogP contribution < -0.4 is 15.8 Å². The molecule has 0 aliphatic rings. The number of ether oxygens (including phenoxy) is 2. The first-order valence-corrected chi connectivity index (χ1v) is 5.63. The number of carbonyl (C=O) groups is 1. The fourth-order valence-corrected chi connectivity index (χ4v) is 1.33. The van der Waals surface area contributed by atoms with Gasteiger partial charge in [0, 0.05) is 19.4 Å². The number of benzene rings is 1. The SMILES string of the molecule is COCCC(N)C(=O)Nc1ccc(OC(F)F)cc1. The number of nitrogens with two attached hydrogens (primary N) is 1. The average molecular weight is 274 g/mol. The summed E-state index contributed by atoms with van der Waals surface area (Å²) in [7, 11) is 1.52. The van der Waals surface area contributed by atoms with Crippen molar-refractivity contribution in [1.82, 2.24) is 0 Å². The quantitative estimate of drug-likeness (QED) is 0.792. The van der Waals surface area contributed by atoms with Crippen molar-refractivity contribution in [1.29, 1.82) is 0 Å². The highest BCUT2D eigenvalue weighted by atomic mass is 19.3. The zero-order valence-electron chi connectivity index (χ0n) is 10.4. The van der Waals surface area contributed by atoms with Crippen molar-refractivity contribution in [2.24, 2.45) is 5.73 Å². The number of halogens is 2. The van der Waals surface area contributed by atoms with E-state index in [4.69, 9.17) is 10.5 Å². The Morgan fingerprint density at radius 3 is 2.53 bits per heavy atom. The van der Waals surface area contributed by atoms with Gasteiger partial charge >= 0.3 is 6.61 Å². The molecule has 0 spiro atoms. The lowest BCUT2D eigenvalue weighted by molar-refractivity contribution is -0.117. The summed E-state index contributed by atoms with van der Waals surface area (Å²) in [6.45, 7) is -2.49. The van der Waals surface area contributed by atoms with Crippen molar-refractivity contribution >= 4 is 11.6 Å². The molecule has 1 unspecified atom stereocenters. The summed E-state index contributed by atoms with van der Waals surface area (Å²) in [5, 5.41) is 2.57. The van der Waals surface area contributed by atoms with Gasteiger partial charge in [-0.2, -0.15) is 8.78 Å². The van der Waals surface area contributed by atoms with Gasteiger partial charge < -0.3 is 20.5 Å². The molecule has 0 aromatic heterocycles. The number of hydrogen-bond acceptors (Lipinski definition) is 4. The summed E-state index contributed by atoms with van der Waals surface area (Å²) >= 11 is 0. The second kappa shape index (κ2) is 7.65. The van der Waals surface area contributed by atoms with E-state index < -0.39 is 12.7 Å². The third kappa shape index (κ3) is 5.62. The van der Waals surface area contributed by atoms with Gasteiger partial charge in [0.1, 0.15) is 5.75 Å². The van der Waals surface area contributed by atoms with Crippen molar-refractivity contribution in [2.45, 2.75) is 19.1 Å². The van der Waals surface area contributed by atoms with Crippen LogP contribution in [-0.2, 0) is 9.53 Å². The van der Waals surface area contributed by atoms with Crippen LogP contribution >= 0.6 is 0 Å². The van der Waals surface area contributed by atoms with E-state index in [0.717, 1.165) is 0 Å². The fourth-order valence-electron chi connectivity index (χ4n) is 1.33. The largest absolute Gasteiger partial charge is 0.435 e. The summed E-state index contributed by atoms with van der Waals surface area (Å²) in [6.07, 6.45) is 0.398. The minimum atomic E-state index is -2.87. The van der Waals surface area contributed by atoms with E-state index in [1.54, 1.807) is 0 Å². The molecule has 106 valence electrons. The predicted molar refractivity (Wildman–Crippen MR) is 66.2 cm³/mol. The standard InChI is InChI=1S/C12H16F2N2O3/c1-18-7-6-10(15)11(17)16-8-2-4-9(5-3-8)19-12(13)14/h2-5,10,12H,6-7,15H2,1H3,(H,16,17). The van der Waals surface area contributed by atoms with Crippen molar-refractivity contribution in [2.75, 3.05) is 19.0 Å². The predicted octanol–water partition coefficient (Wildman–Crippen LogP) is 1.59. The molecular weight excluding hydrogens is 258 g/mol. The molecular formula is C12H16F2N2O3. The average Bonchev–Trinajstić information content (AvgIpc) is 2.37. The summed E-state index contributed by atoms with van der Waals surface area (Å²) in [5.41, 5.74) is 6.09. The molecule has 0 bridgehead atoms. The van der Waals surface area contributed by atoms with Gasteiger partial charge in [0.05, 0.1) is 6.04 Å². The van der Waals surface area contributed by atoms with Gasteiger partial charge in [0.15, 0.2) is 0 Å². The number of hydrogen-bond donors (Lipinski definition) is 2. The first-order valence-electron chi connectivity index (χ1n) is 5.63. The van der Waals surface area contributed by atoms with Crippen LogP contribution in [0, 0.1) is 0 Å². The van der Waals surface area contributed by atoms with E-state index in [1.807, 2.05) is 0 Å². The van der Waals surface area contributed by atoms with E-state index in [-0.39, 0.29) is 11.7 Å². The Morgan fingerprint density at radius 2 is 2.00 bits per heavy atom. The lowest BCUT2D eigenvalue weighted by Gasteiger charge is -2.12. The first kappa shape index (κ1) is 15.3. The Balaban J connectivity index is 2.50. The maximum atomic E-state index is 11.9. The summed E-state index contributed by atoms with van der Waals surface area (Å²) in [4.78, 5) is 11.6. The Bertz CT molecular complexity index is 398. The van der Waals surface area contributed by atoms with Gasteiger partial charge in [-0.05, 0) is 30.7 Å². The van der Waals surface area contributed by atoms with Gasteiger partial charge in [-0.15, -0.1) is 0 Å². The van der Waals surface area contributed by atoms with Gasteiger partial charge in [0.2, 0.25) is 5.91 Å². The summed E-state index contributed by atoms with van der Waals surface area (Å²) in [6, 6.07) is 4.90. The second-order valence-electron chi connectivity index (χ2n) is 3.78. The third-order valence-corrected chi connectivity index (χ3v) is 2.32. The van der Waals surface area contributed by atoms with Crippen molar-refractivity contribution < 1.29 is 23.0 Å².